The number of rotatable bonds is 8. The summed E-state index contributed by atoms with van der Waals surface area (Å²) in [6.45, 7) is 0. The van der Waals surface area contributed by atoms with E-state index in [1.165, 1.54) is 0 Å². The first-order valence-corrected chi connectivity index (χ1v) is 8.19. The van der Waals surface area contributed by atoms with Crippen molar-refractivity contribution < 1.29 is 38.1 Å². The van der Waals surface area contributed by atoms with Gasteiger partial charge in [-0.1, -0.05) is 0 Å². The van der Waals surface area contributed by atoms with Gasteiger partial charge in [0.25, 0.3) is 0 Å². The third-order valence-corrected chi connectivity index (χ3v) is 5.11. The fraction of sp³-hybridized carbons (Fsp3) is 0.500. The molecule has 12 nitrogen and oxygen atoms in total. The molecule has 0 aliphatic rings. The van der Waals surface area contributed by atoms with E-state index in [0.29, 0.717) is 0 Å². The zero-order valence-electron chi connectivity index (χ0n) is 10.9. The van der Waals surface area contributed by atoms with E-state index in [0.717, 1.165) is 0 Å². The Morgan fingerprint density at radius 3 is 0.905 bits per heavy atom. The largest absolute Gasteiger partial charge is 0.453 e. The van der Waals surface area contributed by atoms with Gasteiger partial charge in [-0.15, -0.1) is 0 Å². The Hall–Kier alpha value is -2.70. The minimum Gasteiger partial charge on any atom is -0.453 e. The second kappa shape index (κ2) is 8.46. The molecule has 0 rings (SSSR count). The van der Waals surface area contributed by atoms with Crippen molar-refractivity contribution in [3.05, 3.63) is 0 Å². The molecule has 0 bridgehead atoms. The van der Waals surface area contributed by atoms with E-state index in [9.17, 15) is 19.2 Å². The molecule has 0 atom stereocenters. The second-order valence-corrected chi connectivity index (χ2v) is 8.09. The van der Waals surface area contributed by atoms with Gasteiger partial charge in [0.15, 0.2) is 0 Å². The summed E-state index contributed by atoms with van der Waals surface area (Å²) in [7, 11) is -3.14. The van der Waals surface area contributed by atoms with E-state index >= 15 is 0 Å². The molecule has 0 saturated heterocycles. The van der Waals surface area contributed by atoms with E-state index in [2.05, 4.69) is 18.9 Å². The summed E-state index contributed by atoms with van der Waals surface area (Å²) in [6, 6.07) is 0. The average Bonchev–Trinajstić information content (AvgIpc) is 2.36. The van der Waals surface area contributed by atoms with E-state index in [4.69, 9.17) is 22.9 Å². The van der Waals surface area contributed by atoms with Crippen LogP contribution in [0, 0.1) is 0 Å². The lowest BCUT2D eigenvalue weighted by Gasteiger charge is -2.27. The molecule has 0 aromatic heterocycles. The van der Waals surface area contributed by atoms with Gasteiger partial charge in [0.1, 0.15) is 0 Å². The van der Waals surface area contributed by atoms with Gasteiger partial charge in [-0.05, 0) is 0 Å². The maximum absolute atomic E-state index is 10.7. The maximum atomic E-state index is 10.7. The maximum Gasteiger partial charge on any atom is 0.404 e. The van der Waals surface area contributed by atoms with Crippen molar-refractivity contribution in [2.45, 2.75) is 0 Å². The van der Waals surface area contributed by atoms with E-state index in [-0.39, 0.29) is 24.9 Å². The zero-order chi connectivity index (χ0) is 16.5. The minimum absolute atomic E-state index is 0.379. The lowest BCUT2D eigenvalue weighted by atomic mass is 11.2. The predicted octanol–water partition coefficient (Wildman–Crippen LogP) is -2.03. The molecule has 0 radical (unpaired) electrons. The molecule has 4 amide bonds. The molecule has 8 N–H and O–H groups in total. The molecule has 120 valence electrons. The molecule has 0 aliphatic carbocycles. The number of primary amides is 4. The molecule has 0 aromatic rings. The summed E-state index contributed by atoms with van der Waals surface area (Å²) >= 11 is 0. The van der Waals surface area contributed by atoms with E-state index in [1.807, 2.05) is 0 Å². The van der Waals surface area contributed by atoms with E-state index in [1.54, 1.807) is 0 Å². The molecular weight excluding hydrogens is 308 g/mol. The van der Waals surface area contributed by atoms with Crippen LogP contribution in [0.2, 0.25) is 0 Å². The van der Waals surface area contributed by atoms with Crippen molar-refractivity contribution in [1.29, 1.82) is 0 Å². The third-order valence-electron chi connectivity index (χ3n) is 2.08. The molecule has 0 unspecified atom stereocenters. The van der Waals surface area contributed by atoms with Crippen molar-refractivity contribution in [1.82, 2.24) is 0 Å². The summed E-state index contributed by atoms with van der Waals surface area (Å²) < 4.78 is 18.4. The van der Waals surface area contributed by atoms with Crippen LogP contribution in [-0.4, -0.2) is 57.4 Å². The van der Waals surface area contributed by atoms with Crippen molar-refractivity contribution in [3.63, 3.8) is 0 Å². The van der Waals surface area contributed by atoms with Gasteiger partial charge in [0, 0.05) is 0 Å². The van der Waals surface area contributed by atoms with Crippen molar-refractivity contribution in [3.8, 4) is 0 Å². The Morgan fingerprint density at radius 2 is 0.762 bits per heavy atom. The first kappa shape index (κ1) is 18.3. The monoisotopic (exact) mass is 324 g/mol. The number of ether oxygens (including phenoxy) is 4. The number of nitrogens with two attached hydrogens (primary N) is 4. The van der Waals surface area contributed by atoms with Crippen LogP contribution in [0.3, 0.4) is 0 Å². The summed E-state index contributed by atoms with van der Waals surface area (Å²) in [5.41, 5.74) is 19.3. The molecule has 0 fully saturated rings. The first-order valence-electron chi connectivity index (χ1n) is 5.36. The van der Waals surface area contributed by atoms with Crippen LogP contribution >= 0.6 is 0 Å². The number of hydrogen-bond acceptors (Lipinski definition) is 8. The Balaban J connectivity index is 5.02. The molecule has 0 aliphatic heterocycles. The van der Waals surface area contributed by atoms with Crippen molar-refractivity contribution in [2.75, 3.05) is 24.9 Å². The number of carbonyl (C=O) groups excluding carboxylic acids is 4. The van der Waals surface area contributed by atoms with Gasteiger partial charge in [-0.3, -0.25) is 0 Å². The normalized spacial score (nSPS) is 10.3. The van der Waals surface area contributed by atoms with Gasteiger partial charge in [0.05, 0.1) is 24.9 Å². The van der Waals surface area contributed by atoms with Gasteiger partial charge < -0.3 is 41.9 Å². The van der Waals surface area contributed by atoms with Crippen molar-refractivity contribution >= 4 is 32.4 Å². The summed E-state index contributed by atoms with van der Waals surface area (Å²) in [4.78, 5) is 42.7. The summed E-state index contributed by atoms with van der Waals surface area (Å²) in [5, 5.41) is 0. The molecule has 0 heterocycles. The molecule has 0 aromatic carbocycles. The lowest BCUT2D eigenvalue weighted by Crippen LogP contribution is -2.57. The van der Waals surface area contributed by atoms with Crippen LogP contribution < -0.4 is 22.9 Å². The number of hydrogen-bond donors (Lipinski definition) is 4. The minimum atomic E-state index is -3.14. The van der Waals surface area contributed by atoms with Crippen LogP contribution in [0.25, 0.3) is 0 Å². The van der Waals surface area contributed by atoms with Gasteiger partial charge in [0.2, 0.25) is 8.07 Å². The van der Waals surface area contributed by atoms with Crippen LogP contribution in [0.5, 0.6) is 0 Å². The molecule has 0 spiro atoms. The van der Waals surface area contributed by atoms with Crippen LogP contribution in [0.15, 0.2) is 0 Å². The highest BCUT2D eigenvalue weighted by atomic mass is 28.3. The van der Waals surface area contributed by atoms with Crippen LogP contribution in [0.4, 0.5) is 19.2 Å². The zero-order valence-corrected chi connectivity index (χ0v) is 11.9. The second-order valence-electron chi connectivity index (χ2n) is 3.93. The number of amides is 4. The smallest absolute Gasteiger partial charge is 0.404 e. The van der Waals surface area contributed by atoms with Gasteiger partial charge >= 0.3 is 24.4 Å². The van der Waals surface area contributed by atoms with Gasteiger partial charge in [-0.25, -0.2) is 19.2 Å². The molecule has 13 heteroatoms. The average molecular weight is 324 g/mol. The standard InChI is InChI=1S/C8H16N4O8Si/c9-5(13)17-1-21(2-18-6(10)14,3-19-7(11)15)4-20-8(12)16/h1-4H2,(H2,9,13)(H2,10,14)(H2,11,15)(H2,12,16). The predicted molar refractivity (Wildman–Crippen MR) is 67.9 cm³/mol. The van der Waals surface area contributed by atoms with E-state index < -0.39 is 32.4 Å². The first-order chi connectivity index (χ1) is 9.67. The quantitative estimate of drug-likeness (QED) is 0.288. The summed E-state index contributed by atoms with van der Waals surface area (Å²) in [5.74, 6) is 0. The third kappa shape index (κ3) is 8.92. The molecular formula is C8H16N4O8Si. The number of carbonyl (C=O) groups is 4. The summed E-state index contributed by atoms with van der Waals surface area (Å²) in [6.07, 6.45) is -6.00. The van der Waals surface area contributed by atoms with Gasteiger partial charge in [-0.2, -0.15) is 0 Å². The lowest BCUT2D eigenvalue weighted by molar-refractivity contribution is 0.143. The fourth-order valence-electron chi connectivity index (χ4n) is 1.15. The van der Waals surface area contributed by atoms with Crippen LogP contribution in [-0.2, 0) is 18.9 Å². The van der Waals surface area contributed by atoms with Crippen LogP contribution in [0.1, 0.15) is 0 Å². The Kier molecular flexibility index (Phi) is 7.37. The topological polar surface area (TPSA) is 209 Å². The Morgan fingerprint density at radius 1 is 0.571 bits per heavy atom. The Bertz CT molecular complexity index is 340. The highest BCUT2D eigenvalue weighted by molar-refractivity contribution is 6.80. The highest BCUT2D eigenvalue weighted by Crippen LogP contribution is 2.08. The fourth-order valence-corrected chi connectivity index (χ4v) is 3.44. The highest BCUT2D eigenvalue weighted by Gasteiger charge is 2.41. The Labute approximate surface area is 119 Å². The van der Waals surface area contributed by atoms with Crippen molar-refractivity contribution in [2.24, 2.45) is 22.9 Å². The molecule has 21 heavy (non-hydrogen) atoms. The SMILES string of the molecule is NC(=O)OC[Si](COC(N)=O)(COC(N)=O)COC(N)=O. The molecule has 0 saturated carbocycles.